The molecule has 0 atom stereocenters. The third-order valence-corrected chi connectivity index (χ3v) is 4.03. The van der Waals surface area contributed by atoms with Crippen molar-refractivity contribution >= 4 is 12.0 Å². The summed E-state index contributed by atoms with van der Waals surface area (Å²) in [4.78, 5) is 14.3. The average Bonchev–Trinajstić information content (AvgIpc) is 2.65. The highest BCUT2D eigenvalue weighted by atomic mass is 16.5. The van der Waals surface area contributed by atoms with Crippen LogP contribution in [0.1, 0.15) is 24.8 Å². The highest BCUT2D eigenvalue weighted by Gasteiger charge is 2.21. The summed E-state index contributed by atoms with van der Waals surface area (Å²) in [5.74, 6) is 1.29. The summed E-state index contributed by atoms with van der Waals surface area (Å²) in [5, 5.41) is 9.42. The predicted molar refractivity (Wildman–Crippen MR) is 90.1 cm³/mol. The van der Waals surface area contributed by atoms with E-state index in [1.165, 1.54) is 27.4 Å². The summed E-state index contributed by atoms with van der Waals surface area (Å²) < 4.78 is 15.9. The molecule has 1 aromatic rings. The number of nitrogens with zero attached hydrogens (tertiary/aromatic N) is 2. The van der Waals surface area contributed by atoms with Gasteiger partial charge in [-0.05, 0) is 31.4 Å². The number of rotatable bonds is 5. The Labute approximate surface area is 142 Å². The van der Waals surface area contributed by atoms with E-state index < -0.39 is 0 Å². The van der Waals surface area contributed by atoms with Crippen LogP contribution in [0, 0.1) is 11.3 Å². The Kier molecular flexibility index (Phi) is 6.07. The third kappa shape index (κ3) is 3.80. The second-order valence-electron chi connectivity index (χ2n) is 5.47. The van der Waals surface area contributed by atoms with Crippen molar-refractivity contribution in [2.24, 2.45) is 0 Å². The lowest BCUT2D eigenvalue weighted by Gasteiger charge is -2.26. The molecule has 24 heavy (non-hydrogen) atoms. The molecule has 2 rings (SSSR count). The molecule has 1 aromatic carbocycles. The summed E-state index contributed by atoms with van der Waals surface area (Å²) in [6.45, 7) is 1.39. The number of carbonyl (C=O) groups is 1. The molecule has 1 aliphatic heterocycles. The Bertz CT molecular complexity index is 670. The van der Waals surface area contributed by atoms with E-state index in [-0.39, 0.29) is 11.5 Å². The molecule has 6 nitrogen and oxygen atoms in total. The number of piperidine rings is 1. The van der Waals surface area contributed by atoms with Gasteiger partial charge in [-0.15, -0.1) is 0 Å². The monoisotopic (exact) mass is 330 g/mol. The Morgan fingerprint density at radius 1 is 1.04 bits per heavy atom. The minimum atomic E-state index is -0.242. The predicted octanol–water partition coefficient (Wildman–Crippen LogP) is 2.63. The van der Waals surface area contributed by atoms with E-state index in [9.17, 15) is 10.1 Å². The fourth-order valence-corrected chi connectivity index (χ4v) is 2.73. The average molecular weight is 330 g/mol. The minimum absolute atomic E-state index is 0.0856. The Morgan fingerprint density at radius 2 is 1.62 bits per heavy atom. The molecule has 0 unspecified atom stereocenters. The van der Waals surface area contributed by atoms with E-state index in [2.05, 4.69) is 0 Å². The summed E-state index contributed by atoms with van der Waals surface area (Å²) >= 11 is 0. The van der Waals surface area contributed by atoms with Crippen molar-refractivity contribution in [1.82, 2.24) is 4.90 Å². The zero-order chi connectivity index (χ0) is 17.5. The van der Waals surface area contributed by atoms with Crippen LogP contribution >= 0.6 is 0 Å². The molecule has 1 heterocycles. The fourth-order valence-electron chi connectivity index (χ4n) is 2.73. The maximum Gasteiger partial charge on any atom is 0.264 e. The quantitative estimate of drug-likeness (QED) is 0.613. The van der Waals surface area contributed by atoms with E-state index in [0.29, 0.717) is 35.9 Å². The highest BCUT2D eigenvalue weighted by molar-refractivity contribution is 6.02. The molecule has 0 spiro atoms. The summed E-state index contributed by atoms with van der Waals surface area (Å²) in [5.41, 5.74) is 0.680. The number of nitriles is 1. The van der Waals surface area contributed by atoms with Crippen LogP contribution in [0.2, 0.25) is 0 Å². The Balaban J connectivity index is 2.39. The van der Waals surface area contributed by atoms with Gasteiger partial charge in [0.2, 0.25) is 0 Å². The van der Waals surface area contributed by atoms with Crippen LogP contribution in [0.5, 0.6) is 17.2 Å². The number of methoxy groups -OCH3 is 3. The lowest BCUT2D eigenvalue weighted by atomic mass is 10.1. The van der Waals surface area contributed by atoms with Crippen molar-refractivity contribution in [2.75, 3.05) is 34.4 Å². The van der Waals surface area contributed by atoms with Gasteiger partial charge < -0.3 is 19.1 Å². The number of hydrogen-bond donors (Lipinski definition) is 0. The number of hydrogen-bond acceptors (Lipinski definition) is 5. The zero-order valence-corrected chi connectivity index (χ0v) is 14.3. The molecule has 0 bridgehead atoms. The molecule has 0 aliphatic carbocycles. The largest absolute Gasteiger partial charge is 0.496 e. The van der Waals surface area contributed by atoms with Crippen molar-refractivity contribution in [1.29, 1.82) is 5.26 Å². The van der Waals surface area contributed by atoms with E-state index in [1.54, 1.807) is 17.0 Å². The van der Waals surface area contributed by atoms with Crippen LogP contribution in [0.25, 0.3) is 6.08 Å². The van der Waals surface area contributed by atoms with Gasteiger partial charge in [0.15, 0.2) is 11.5 Å². The first-order chi connectivity index (χ1) is 11.6. The molecule has 6 heteroatoms. The van der Waals surface area contributed by atoms with Crippen molar-refractivity contribution in [3.8, 4) is 23.3 Å². The van der Waals surface area contributed by atoms with Gasteiger partial charge in [-0.25, -0.2) is 0 Å². The second-order valence-corrected chi connectivity index (χ2v) is 5.47. The van der Waals surface area contributed by atoms with Gasteiger partial charge in [-0.1, -0.05) is 0 Å². The van der Waals surface area contributed by atoms with Gasteiger partial charge in [0, 0.05) is 24.7 Å². The second kappa shape index (κ2) is 8.25. The van der Waals surface area contributed by atoms with Crippen molar-refractivity contribution in [2.45, 2.75) is 19.3 Å². The molecule has 0 saturated carbocycles. The first-order valence-electron chi connectivity index (χ1n) is 7.85. The zero-order valence-electron chi connectivity index (χ0n) is 14.3. The van der Waals surface area contributed by atoms with Crippen LogP contribution in [-0.4, -0.2) is 45.2 Å². The van der Waals surface area contributed by atoms with Crippen LogP contribution in [-0.2, 0) is 4.79 Å². The molecule has 1 fully saturated rings. The number of benzene rings is 1. The van der Waals surface area contributed by atoms with E-state index in [1.807, 2.05) is 6.07 Å². The highest BCUT2D eigenvalue weighted by Crippen LogP contribution is 2.35. The van der Waals surface area contributed by atoms with Crippen LogP contribution in [0.15, 0.2) is 17.7 Å². The van der Waals surface area contributed by atoms with Gasteiger partial charge >= 0.3 is 0 Å². The van der Waals surface area contributed by atoms with E-state index >= 15 is 0 Å². The molecular formula is C18H22N2O4. The molecule has 1 saturated heterocycles. The number of ether oxygens (including phenoxy) is 3. The number of likely N-dealkylation sites (tertiary alicyclic amines) is 1. The third-order valence-electron chi connectivity index (χ3n) is 4.03. The standard InChI is InChI=1S/C18H22N2O4/c1-22-15-11-17(24-3)16(23-2)10-13(15)9-14(12-19)18(21)20-7-5-4-6-8-20/h9-11H,4-8H2,1-3H3/b14-9+. The number of amides is 1. The maximum absolute atomic E-state index is 12.5. The Hall–Kier alpha value is -2.68. The summed E-state index contributed by atoms with van der Waals surface area (Å²) in [7, 11) is 4.59. The molecule has 128 valence electrons. The summed E-state index contributed by atoms with van der Waals surface area (Å²) in [6, 6.07) is 5.37. The van der Waals surface area contributed by atoms with Gasteiger partial charge in [0.1, 0.15) is 17.4 Å². The maximum atomic E-state index is 12.5. The van der Waals surface area contributed by atoms with Gasteiger partial charge in [0.05, 0.1) is 21.3 Å². The van der Waals surface area contributed by atoms with Crippen molar-refractivity contribution in [3.05, 3.63) is 23.3 Å². The van der Waals surface area contributed by atoms with Gasteiger partial charge in [-0.3, -0.25) is 4.79 Å². The van der Waals surface area contributed by atoms with Crippen LogP contribution in [0.4, 0.5) is 0 Å². The van der Waals surface area contributed by atoms with Crippen LogP contribution in [0.3, 0.4) is 0 Å². The van der Waals surface area contributed by atoms with Crippen molar-refractivity contribution < 1.29 is 19.0 Å². The molecular weight excluding hydrogens is 308 g/mol. The topological polar surface area (TPSA) is 71.8 Å². The normalized spacial score (nSPS) is 14.8. The summed E-state index contributed by atoms with van der Waals surface area (Å²) in [6.07, 6.45) is 4.62. The van der Waals surface area contributed by atoms with Crippen LogP contribution < -0.4 is 14.2 Å². The van der Waals surface area contributed by atoms with Gasteiger partial charge in [-0.2, -0.15) is 5.26 Å². The molecule has 0 aromatic heterocycles. The molecule has 0 N–H and O–H groups in total. The first kappa shape index (κ1) is 17.7. The van der Waals surface area contributed by atoms with E-state index in [0.717, 1.165) is 19.3 Å². The SMILES string of the molecule is COc1cc(OC)c(OC)cc1/C=C(\C#N)C(=O)N1CCCCC1. The first-order valence-corrected chi connectivity index (χ1v) is 7.85. The van der Waals surface area contributed by atoms with Crippen molar-refractivity contribution in [3.63, 3.8) is 0 Å². The molecule has 1 aliphatic rings. The van der Waals surface area contributed by atoms with Gasteiger partial charge in [0.25, 0.3) is 5.91 Å². The number of carbonyl (C=O) groups excluding carboxylic acids is 1. The molecule has 1 amide bonds. The lowest BCUT2D eigenvalue weighted by molar-refractivity contribution is -0.127. The minimum Gasteiger partial charge on any atom is -0.496 e. The lowest BCUT2D eigenvalue weighted by Crippen LogP contribution is -2.36. The fraction of sp³-hybridized carbons (Fsp3) is 0.444. The smallest absolute Gasteiger partial charge is 0.264 e. The molecule has 0 radical (unpaired) electrons. The Morgan fingerprint density at radius 3 is 2.17 bits per heavy atom. The van der Waals surface area contributed by atoms with E-state index in [4.69, 9.17) is 14.2 Å².